The molecular formula is C13H22N2O3S. The predicted molar refractivity (Wildman–Crippen MR) is 75.1 cm³/mol. The van der Waals surface area contributed by atoms with Gasteiger partial charge >= 0.3 is 12.0 Å². The molecule has 0 radical (unpaired) electrons. The Morgan fingerprint density at radius 2 is 2.16 bits per heavy atom. The van der Waals surface area contributed by atoms with E-state index in [1.165, 1.54) is 0 Å². The molecule has 3 atom stereocenters. The van der Waals surface area contributed by atoms with E-state index in [0.29, 0.717) is 24.1 Å². The molecule has 0 bridgehead atoms. The lowest BCUT2D eigenvalue weighted by Crippen LogP contribution is -2.51. The summed E-state index contributed by atoms with van der Waals surface area (Å²) in [6, 6.07) is -0.887. The maximum Gasteiger partial charge on any atom is 0.327 e. The molecule has 0 aromatic heterocycles. The molecule has 1 aliphatic carbocycles. The van der Waals surface area contributed by atoms with Crippen molar-refractivity contribution in [1.82, 2.24) is 10.2 Å². The van der Waals surface area contributed by atoms with Gasteiger partial charge in [0.15, 0.2) is 0 Å². The number of carbonyl (C=O) groups excluding carboxylic acids is 1. The second-order valence-electron chi connectivity index (χ2n) is 5.52. The Bertz CT molecular complexity index is 360. The monoisotopic (exact) mass is 286 g/mol. The molecule has 1 saturated heterocycles. The van der Waals surface area contributed by atoms with E-state index in [1.54, 1.807) is 16.7 Å². The summed E-state index contributed by atoms with van der Waals surface area (Å²) in [5, 5.41) is 12.2. The number of urea groups is 1. The third-order valence-electron chi connectivity index (χ3n) is 3.88. The lowest BCUT2D eigenvalue weighted by atomic mass is 10.1. The first kappa shape index (κ1) is 14.5. The normalized spacial score (nSPS) is 28.2. The third kappa shape index (κ3) is 3.35. The minimum absolute atomic E-state index is 0.0537. The summed E-state index contributed by atoms with van der Waals surface area (Å²) in [6.07, 6.45) is 3.22. The standard InChI is InChI=1S/C13H22N2O3S/c1-3-8(2)6-14-13(18)15-10(12(16)17)7-19-11(15)9-4-5-9/h8-11H,3-7H2,1-2H3,(H,14,18)(H,16,17). The highest BCUT2D eigenvalue weighted by molar-refractivity contribution is 8.00. The Balaban J connectivity index is 1.99. The highest BCUT2D eigenvalue weighted by Crippen LogP contribution is 2.45. The first-order valence-electron chi connectivity index (χ1n) is 6.95. The molecule has 3 unspecified atom stereocenters. The van der Waals surface area contributed by atoms with E-state index in [9.17, 15) is 14.7 Å². The van der Waals surface area contributed by atoms with Gasteiger partial charge in [-0.3, -0.25) is 4.90 Å². The lowest BCUT2D eigenvalue weighted by molar-refractivity contribution is -0.141. The van der Waals surface area contributed by atoms with E-state index >= 15 is 0 Å². The van der Waals surface area contributed by atoms with Crippen molar-refractivity contribution in [2.24, 2.45) is 11.8 Å². The topological polar surface area (TPSA) is 69.6 Å². The van der Waals surface area contributed by atoms with Crippen LogP contribution < -0.4 is 5.32 Å². The van der Waals surface area contributed by atoms with Gasteiger partial charge in [-0.05, 0) is 24.7 Å². The van der Waals surface area contributed by atoms with Gasteiger partial charge in [-0.15, -0.1) is 11.8 Å². The van der Waals surface area contributed by atoms with Crippen molar-refractivity contribution in [3.63, 3.8) is 0 Å². The molecule has 5 nitrogen and oxygen atoms in total. The first-order chi connectivity index (χ1) is 9.04. The van der Waals surface area contributed by atoms with Crippen LogP contribution in [0.5, 0.6) is 0 Å². The first-order valence-corrected chi connectivity index (χ1v) is 8.00. The molecule has 6 heteroatoms. The number of carboxylic acids is 1. The minimum Gasteiger partial charge on any atom is -0.480 e. The van der Waals surface area contributed by atoms with Crippen LogP contribution in [-0.2, 0) is 4.79 Å². The Morgan fingerprint density at radius 1 is 1.47 bits per heavy atom. The summed E-state index contributed by atoms with van der Waals surface area (Å²) < 4.78 is 0. The Morgan fingerprint density at radius 3 is 2.68 bits per heavy atom. The summed E-state index contributed by atoms with van der Waals surface area (Å²) in [5.74, 6) is 0.521. The predicted octanol–water partition coefficient (Wildman–Crippen LogP) is 1.98. The average molecular weight is 286 g/mol. The zero-order chi connectivity index (χ0) is 14.0. The minimum atomic E-state index is -0.894. The fraction of sp³-hybridized carbons (Fsp3) is 0.846. The van der Waals surface area contributed by atoms with Crippen LogP contribution in [0.15, 0.2) is 0 Å². The number of hydrogen-bond donors (Lipinski definition) is 2. The van der Waals surface area contributed by atoms with Gasteiger partial charge in [0.25, 0.3) is 0 Å². The van der Waals surface area contributed by atoms with E-state index in [0.717, 1.165) is 19.3 Å². The largest absolute Gasteiger partial charge is 0.480 e. The van der Waals surface area contributed by atoms with Crippen LogP contribution in [-0.4, -0.2) is 45.7 Å². The van der Waals surface area contributed by atoms with Crippen molar-refractivity contribution in [3.05, 3.63) is 0 Å². The maximum atomic E-state index is 12.3. The number of rotatable bonds is 5. The number of nitrogens with one attached hydrogen (secondary N) is 1. The zero-order valence-electron chi connectivity index (χ0n) is 11.5. The fourth-order valence-corrected chi connectivity index (χ4v) is 3.85. The quantitative estimate of drug-likeness (QED) is 0.811. The van der Waals surface area contributed by atoms with E-state index in [-0.39, 0.29) is 11.4 Å². The van der Waals surface area contributed by atoms with Gasteiger partial charge in [0.1, 0.15) is 6.04 Å². The molecule has 0 spiro atoms. The molecule has 0 aromatic rings. The van der Waals surface area contributed by atoms with Crippen molar-refractivity contribution in [2.75, 3.05) is 12.3 Å². The fourth-order valence-electron chi connectivity index (χ4n) is 2.22. The van der Waals surface area contributed by atoms with Crippen molar-refractivity contribution in [2.45, 2.75) is 44.5 Å². The Labute approximate surface area is 118 Å². The molecule has 2 aliphatic rings. The van der Waals surface area contributed by atoms with Crippen molar-refractivity contribution in [1.29, 1.82) is 0 Å². The summed E-state index contributed by atoms with van der Waals surface area (Å²) in [5.41, 5.74) is 0. The van der Waals surface area contributed by atoms with Gasteiger partial charge in [0.2, 0.25) is 0 Å². The van der Waals surface area contributed by atoms with Gasteiger partial charge in [0.05, 0.1) is 5.37 Å². The van der Waals surface area contributed by atoms with Crippen molar-refractivity contribution in [3.8, 4) is 0 Å². The van der Waals surface area contributed by atoms with Crippen LogP contribution in [0.4, 0.5) is 4.79 Å². The van der Waals surface area contributed by atoms with Gasteiger partial charge < -0.3 is 10.4 Å². The van der Waals surface area contributed by atoms with Gasteiger partial charge in [-0.1, -0.05) is 20.3 Å². The Kier molecular flexibility index (Phi) is 4.60. The molecular weight excluding hydrogens is 264 g/mol. The third-order valence-corrected chi connectivity index (χ3v) is 5.34. The van der Waals surface area contributed by atoms with Gasteiger partial charge in [0, 0.05) is 12.3 Å². The number of amides is 2. The molecule has 2 rings (SSSR count). The molecule has 108 valence electrons. The zero-order valence-corrected chi connectivity index (χ0v) is 12.3. The van der Waals surface area contributed by atoms with Crippen LogP contribution in [0.25, 0.3) is 0 Å². The molecule has 2 amide bonds. The molecule has 1 saturated carbocycles. The summed E-state index contributed by atoms with van der Waals surface area (Å²) in [7, 11) is 0. The van der Waals surface area contributed by atoms with Crippen LogP contribution >= 0.6 is 11.8 Å². The number of carboxylic acid groups (broad SMARTS) is 1. The van der Waals surface area contributed by atoms with Gasteiger partial charge in [-0.25, -0.2) is 9.59 Å². The Hall–Kier alpha value is -0.910. The summed E-state index contributed by atoms with van der Waals surface area (Å²) >= 11 is 1.61. The van der Waals surface area contributed by atoms with Crippen molar-refractivity contribution >= 4 is 23.8 Å². The second kappa shape index (κ2) is 6.03. The maximum absolute atomic E-state index is 12.3. The summed E-state index contributed by atoms with van der Waals surface area (Å²) in [4.78, 5) is 25.1. The van der Waals surface area contributed by atoms with E-state index in [1.807, 2.05) is 0 Å². The second-order valence-corrected chi connectivity index (χ2v) is 6.67. The van der Waals surface area contributed by atoms with Gasteiger partial charge in [-0.2, -0.15) is 0 Å². The molecule has 1 heterocycles. The molecule has 19 heavy (non-hydrogen) atoms. The SMILES string of the molecule is CCC(C)CNC(=O)N1C(C(=O)O)CSC1C1CC1. The number of thioether (sulfide) groups is 1. The van der Waals surface area contributed by atoms with Crippen LogP contribution in [0.1, 0.15) is 33.1 Å². The van der Waals surface area contributed by atoms with Crippen LogP contribution in [0.3, 0.4) is 0 Å². The highest BCUT2D eigenvalue weighted by Gasteiger charge is 2.48. The number of nitrogens with zero attached hydrogens (tertiary/aromatic N) is 1. The van der Waals surface area contributed by atoms with E-state index in [2.05, 4.69) is 19.2 Å². The lowest BCUT2D eigenvalue weighted by Gasteiger charge is -2.28. The number of aliphatic carboxylic acids is 1. The van der Waals surface area contributed by atoms with Crippen molar-refractivity contribution < 1.29 is 14.7 Å². The van der Waals surface area contributed by atoms with E-state index in [4.69, 9.17) is 0 Å². The summed E-state index contributed by atoms with van der Waals surface area (Å²) in [6.45, 7) is 4.77. The molecule has 2 fully saturated rings. The molecule has 0 aromatic carbocycles. The smallest absolute Gasteiger partial charge is 0.327 e. The van der Waals surface area contributed by atoms with Crippen LogP contribution in [0.2, 0.25) is 0 Å². The van der Waals surface area contributed by atoms with E-state index < -0.39 is 12.0 Å². The average Bonchev–Trinajstić information content (AvgIpc) is 3.13. The number of hydrogen-bond acceptors (Lipinski definition) is 3. The molecule has 2 N–H and O–H groups in total. The highest BCUT2D eigenvalue weighted by atomic mass is 32.2. The van der Waals surface area contributed by atoms with Crippen LogP contribution in [0, 0.1) is 11.8 Å². The number of carbonyl (C=O) groups is 2. The molecule has 1 aliphatic heterocycles.